The third kappa shape index (κ3) is 14.6. The predicted octanol–water partition coefficient (Wildman–Crippen LogP) is 6.87. The molecule has 1 aliphatic rings. The Kier molecular flexibility index (Phi) is 20.0. The number of rotatable bonds is 29. The monoisotopic (exact) mass is 867 g/mol. The number of hydrogen-bond acceptors (Lipinski definition) is 13. The van der Waals surface area contributed by atoms with E-state index in [2.05, 4.69) is 25.5 Å². The number of ether oxygens (including phenoxy) is 3. The van der Waals surface area contributed by atoms with E-state index >= 15 is 0 Å². The van der Waals surface area contributed by atoms with Crippen molar-refractivity contribution in [1.29, 1.82) is 5.26 Å². The average Bonchev–Trinajstić information content (AvgIpc) is 3.75. The molecule has 4 heterocycles. The zero-order valence-electron chi connectivity index (χ0n) is 33.9. The van der Waals surface area contributed by atoms with Gasteiger partial charge < -0.3 is 44.1 Å². The van der Waals surface area contributed by atoms with Crippen molar-refractivity contribution < 1.29 is 46.8 Å². The minimum atomic E-state index is -3.77. The summed E-state index contributed by atoms with van der Waals surface area (Å²) >= 11 is 0. The highest BCUT2D eigenvalue weighted by molar-refractivity contribution is 7.90. The van der Waals surface area contributed by atoms with Crippen molar-refractivity contribution >= 4 is 36.8 Å². The number of fused-ring (bicyclic) bond motifs is 1. The highest BCUT2D eigenvalue weighted by Crippen LogP contribution is 2.51. The van der Waals surface area contributed by atoms with E-state index in [-0.39, 0.29) is 30.4 Å². The minimum Gasteiger partial charge on any atom is -0.397 e. The van der Waals surface area contributed by atoms with Crippen LogP contribution in [0.25, 0.3) is 5.52 Å². The van der Waals surface area contributed by atoms with Gasteiger partial charge in [-0.1, -0.05) is 96.8 Å². The fourth-order valence-electron chi connectivity index (χ4n) is 6.92. The van der Waals surface area contributed by atoms with E-state index < -0.39 is 53.7 Å². The number of aromatic nitrogens is 3. The Balaban J connectivity index is 1.23. The molecule has 1 fully saturated rings. The van der Waals surface area contributed by atoms with Gasteiger partial charge in [-0.3, -0.25) is 4.98 Å². The van der Waals surface area contributed by atoms with Crippen LogP contribution in [0.2, 0.25) is 0 Å². The number of nitrogens with two attached hydrogens (primary N) is 1. The molecule has 6 atom stereocenters. The van der Waals surface area contributed by atoms with Crippen molar-refractivity contribution in [3.05, 3.63) is 54.1 Å². The lowest BCUT2D eigenvalue weighted by Crippen LogP contribution is -2.41. The summed E-state index contributed by atoms with van der Waals surface area (Å²) in [6, 6.07) is 8.22. The summed E-state index contributed by atoms with van der Waals surface area (Å²) in [5.74, 6) is 0. The number of anilines is 1. The SMILES string of the molecule is CCCCCCCCCCCCCCCCCOC[C@H](COP(O)(=P)OC[C@H]1O[C@@](C#N)(c2ccc3c(N)ccnn23)[C@H](O)[C@@H]1O)OCc1cncc(S(C)(=O)=O)c1. The van der Waals surface area contributed by atoms with Crippen LogP contribution in [0, 0.1) is 11.3 Å². The molecule has 0 spiro atoms. The number of hydrogen-bond donors (Lipinski definition) is 4. The molecule has 3 aromatic heterocycles. The van der Waals surface area contributed by atoms with Crippen molar-refractivity contribution in [3.63, 3.8) is 0 Å². The van der Waals surface area contributed by atoms with Gasteiger partial charge in [-0.25, -0.2) is 12.9 Å². The Labute approximate surface area is 345 Å². The predicted molar refractivity (Wildman–Crippen MR) is 225 cm³/mol. The molecular weight excluding hydrogens is 804 g/mol. The lowest BCUT2D eigenvalue weighted by atomic mass is 9.92. The van der Waals surface area contributed by atoms with Crippen LogP contribution in [0.5, 0.6) is 0 Å². The molecule has 0 aliphatic carbocycles. The first kappa shape index (κ1) is 48.2. The number of aliphatic hydroxyl groups is 2. The molecule has 5 N–H and O–H groups in total. The second-order valence-corrected chi connectivity index (χ2v) is 20.4. The first-order valence-electron chi connectivity index (χ1n) is 20.5. The standard InChI is InChI=1S/C40H63N5O10P2S/c1-3-4-5-6-7-8-9-10-11-12-13-14-15-16-17-22-51-27-32(52-26-31-23-33(25-43-24-31)58(2,49)50)28-53-57(48,56)54-29-36-38(46)39(47)40(30-41,55-36)37-19-18-35-34(42)20-21-44-45(35)37/h18-21,23-25,32,36,38-39,46-48,56H,3-17,22,26-29,42H2,1-2H3/t32-,36-,38-,39-,40+,57?/m1/s1. The minimum absolute atomic E-state index is 0.00266. The normalized spacial score (nSPS) is 21.3. The van der Waals surface area contributed by atoms with Crippen molar-refractivity contribution in [2.75, 3.05) is 38.4 Å². The van der Waals surface area contributed by atoms with Crippen LogP contribution in [0.3, 0.4) is 0 Å². The molecule has 1 unspecified atom stereocenters. The molecule has 1 aliphatic heterocycles. The number of pyridine rings is 1. The summed E-state index contributed by atoms with van der Waals surface area (Å²) in [5, 5.41) is 36.4. The Bertz CT molecular complexity index is 1900. The molecule has 0 radical (unpaired) electrons. The van der Waals surface area contributed by atoms with Gasteiger partial charge in [0.25, 0.3) is 7.23 Å². The van der Waals surface area contributed by atoms with Crippen LogP contribution in [0.4, 0.5) is 5.69 Å². The number of aliphatic hydroxyl groups excluding tert-OH is 2. The molecule has 0 saturated carbocycles. The lowest BCUT2D eigenvalue weighted by molar-refractivity contribution is -0.0660. The summed E-state index contributed by atoms with van der Waals surface area (Å²) in [6.07, 6.45) is 19.1. The Morgan fingerprint density at radius 3 is 2.24 bits per heavy atom. The van der Waals surface area contributed by atoms with Crippen molar-refractivity contribution in [3.8, 4) is 6.07 Å². The quantitative estimate of drug-likeness (QED) is 0.0413. The molecule has 1 saturated heterocycles. The van der Waals surface area contributed by atoms with Gasteiger partial charge in [0.05, 0.1) is 48.2 Å². The maximum atomic E-state index is 12.1. The summed E-state index contributed by atoms with van der Waals surface area (Å²) in [6.45, 7) is 2.23. The number of unbranched alkanes of at least 4 members (excludes halogenated alkanes) is 14. The van der Waals surface area contributed by atoms with Crippen LogP contribution in [-0.4, -0.2) is 95.2 Å². The Hall–Kier alpha value is -2.51. The number of nitriles is 1. The number of nitrogen functional groups attached to an aromatic ring is 1. The maximum absolute atomic E-state index is 12.1. The summed E-state index contributed by atoms with van der Waals surface area (Å²) in [4.78, 5) is 15.2. The highest BCUT2D eigenvalue weighted by atomic mass is 32.2. The average molecular weight is 868 g/mol. The largest absolute Gasteiger partial charge is 0.397 e. The smallest absolute Gasteiger partial charge is 0.274 e. The molecule has 4 rings (SSSR count). The Morgan fingerprint density at radius 2 is 1.62 bits per heavy atom. The van der Waals surface area contributed by atoms with E-state index in [0.717, 1.165) is 25.5 Å². The van der Waals surface area contributed by atoms with Crippen LogP contribution in [-0.2, 0) is 45.3 Å². The van der Waals surface area contributed by atoms with E-state index in [1.807, 2.05) is 6.07 Å². The zero-order valence-corrected chi connectivity index (χ0v) is 36.6. The van der Waals surface area contributed by atoms with Gasteiger partial charge in [0.2, 0.25) is 5.60 Å². The van der Waals surface area contributed by atoms with E-state index in [9.17, 15) is 28.8 Å². The lowest BCUT2D eigenvalue weighted by Gasteiger charge is -2.25. The van der Waals surface area contributed by atoms with Crippen LogP contribution < -0.4 is 5.73 Å². The molecule has 0 bridgehead atoms. The van der Waals surface area contributed by atoms with Crippen molar-refractivity contribution in [1.82, 2.24) is 14.6 Å². The fraction of sp³-hybridized carbons (Fsp3) is 0.675. The zero-order chi connectivity index (χ0) is 42.0. The van der Waals surface area contributed by atoms with Gasteiger partial charge in [-0.2, -0.15) is 10.4 Å². The summed E-state index contributed by atoms with van der Waals surface area (Å²) in [5.41, 5.74) is 5.59. The number of sulfone groups is 1. The van der Waals surface area contributed by atoms with E-state index in [1.165, 1.54) is 112 Å². The van der Waals surface area contributed by atoms with Crippen LogP contribution in [0.1, 0.15) is 114 Å². The van der Waals surface area contributed by atoms with Gasteiger partial charge in [0, 0.05) is 31.5 Å². The first-order valence-corrected chi connectivity index (χ1v) is 25.3. The van der Waals surface area contributed by atoms with Crippen LogP contribution in [0.15, 0.2) is 47.8 Å². The Morgan fingerprint density at radius 1 is 0.983 bits per heavy atom. The van der Waals surface area contributed by atoms with Gasteiger partial charge in [-0.15, -0.1) is 0 Å². The molecule has 324 valence electrons. The van der Waals surface area contributed by atoms with Gasteiger partial charge in [-0.05, 0) is 44.8 Å². The van der Waals surface area contributed by atoms with E-state index in [1.54, 1.807) is 12.1 Å². The summed E-state index contributed by atoms with van der Waals surface area (Å²) < 4.78 is 54.8. The van der Waals surface area contributed by atoms with Gasteiger partial charge >= 0.3 is 0 Å². The molecular formula is C40H63N5O10P2S. The van der Waals surface area contributed by atoms with Crippen LogP contribution >= 0.6 is 15.8 Å². The third-order valence-electron chi connectivity index (χ3n) is 10.3. The van der Waals surface area contributed by atoms with Crippen molar-refractivity contribution in [2.24, 2.45) is 0 Å². The van der Waals surface area contributed by atoms with Gasteiger partial charge in [0.15, 0.2) is 9.84 Å². The third-order valence-corrected chi connectivity index (χ3v) is 13.2. The molecule has 0 aromatic carbocycles. The molecule has 15 nitrogen and oxygen atoms in total. The molecule has 3 aromatic rings. The molecule has 18 heteroatoms. The highest BCUT2D eigenvalue weighted by Gasteiger charge is 2.57. The molecule has 0 amide bonds. The fourth-order valence-corrected chi connectivity index (χ4v) is 8.78. The van der Waals surface area contributed by atoms with Crippen molar-refractivity contribution in [2.45, 2.75) is 145 Å². The summed E-state index contributed by atoms with van der Waals surface area (Å²) in [7, 11) is -4.06. The second kappa shape index (κ2) is 24.1. The van der Waals surface area contributed by atoms with E-state index in [0.29, 0.717) is 23.4 Å². The second-order valence-electron chi connectivity index (χ2n) is 15.1. The first-order chi connectivity index (χ1) is 27.8. The van der Waals surface area contributed by atoms with E-state index in [4.69, 9.17) is 29.0 Å². The maximum Gasteiger partial charge on any atom is 0.274 e. The number of nitrogens with zero attached hydrogens (tertiary/aromatic N) is 4. The molecule has 58 heavy (non-hydrogen) atoms. The van der Waals surface area contributed by atoms with Gasteiger partial charge in [0.1, 0.15) is 30.5 Å². The topological polar surface area (TPSA) is 221 Å².